The van der Waals surface area contributed by atoms with E-state index in [1.54, 1.807) is 0 Å². The average molecular weight is 367 g/mol. The molecule has 2 aromatic carbocycles. The first-order chi connectivity index (χ1) is 10.1. The van der Waals surface area contributed by atoms with Crippen LogP contribution in [0.15, 0.2) is 40.9 Å². The number of halogens is 2. The molecule has 2 nitrogen and oxygen atoms in total. The maximum absolute atomic E-state index is 6.30. The molecule has 0 saturated heterocycles. The molecule has 0 spiro atoms. The van der Waals surface area contributed by atoms with Crippen LogP contribution < -0.4 is 10.5 Å². The van der Waals surface area contributed by atoms with Crippen LogP contribution in [-0.2, 0) is 12.8 Å². The van der Waals surface area contributed by atoms with Crippen LogP contribution in [0.1, 0.15) is 29.2 Å². The number of hydrogen-bond acceptors (Lipinski definition) is 2. The van der Waals surface area contributed by atoms with Gasteiger partial charge in [0.1, 0.15) is 5.75 Å². The van der Waals surface area contributed by atoms with Crippen molar-refractivity contribution in [2.75, 3.05) is 6.61 Å². The van der Waals surface area contributed by atoms with E-state index < -0.39 is 0 Å². The van der Waals surface area contributed by atoms with E-state index in [9.17, 15) is 0 Å². The van der Waals surface area contributed by atoms with E-state index in [2.05, 4.69) is 34.1 Å². The minimum absolute atomic E-state index is 0.0560. The molecule has 1 aliphatic rings. The third-order valence-electron chi connectivity index (χ3n) is 3.86. The van der Waals surface area contributed by atoms with Crippen molar-refractivity contribution in [1.29, 1.82) is 0 Å². The van der Waals surface area contributed by atoms with Crippen molar-refractivity contribution in [3.05, 3.63) is 62.6 Å². The van der Waals surface area contributed by atoms with Gasteiger partial charge in [-0.1, -0.05) is 39.7 Å². The van der Waals surface area contributed by atoms with E-state index >= 15 is 0 Å². The van der Waals surface area contributed by atoms with Crippen molar-refractivity contribution in [2.45, 2.75) is 25.3 Å². The van der Waals surface area contributed by atoms with Crippen LogP contribution in [0.5, 0.6) is 5.75 Å². The van der Waals surface area contributed by atoms with Crippen LogP contribution in [0.3, 0.4) is 0 Å². The number of fused-ring (bicyclic) bond motifs is 1. The molecule has 0 bridgehead atoms. The Morgan fingerprint density at radius 3 is 2.95 bits per heavy atom. The zero-order valence-corrected chi connectivity index (χ0v) is 14.0. The van der Waals surface area contributed by atoms with E-state index in [1.807, 2.05) is 18.2 Å². The smallest absolute Gasteiger partial charge is 0.122 e. The summed E-state index contributed by atoms with van der Waals surface area (Å²) in [6.45, 7) is 0.798. The lowest BCUT2D eigenvalue weighted by molar-refractivity contribution is 0.357. The third kappa shape index (κ3) is 3.42. The van der Waals surface area contributed by atoms with Gasteiger partial charge in [0.05, 0.1) is 6.61 Å². The molecular weight excluding hydrogens is 350 g/mol. The molecule has 0 fully saturated rings. The highest BCUT2D eigenvalue weighted by atomic mass is 79.9. The molecule has 110 valence electrons. The SMILES string of the molecule is NC(CCc1ccc2c(c1)CCO2)c1cc(Br)ccc1Cl. The Labute approximate surface area is 138 Å². The number of ether oxygens (including phenoxy) is 1. The van der Waals surface area contributed by atoms with Gasteiger partial charge in [-0.2, -0.15) is 0 Å². The summed E-state index contributed by atoms with van der Waals surface area (Å²) in [5.74, 6) is 1.03. The van der Waals surface area contributed by atoms with E-state index in [1.165, 1.54) is 11.1 Å². The standard InChI is InChI=1S/C17H17BrClNO/c18-13-3-4-15(19)14(10-13)16(20)5-1-11-2-6-17-12(9-11)7-8-21-17/h2-4,6,9-10,16H,1,5,7-8,20H2. The van der Waals surface area contributed by atoms with Crippen LogP contribution in [0.25, 0.3) is 0 Å². The Morgan fingerprint density at radius 2 is 2.10 bits per heavy atom. The summed E-state index contributed by atoms with van der Waals surface area (Å²) in [7, 11) is 0. The van der Waals surface area contributed by atoms with Gasteiger partial charge in [-0.25, -0.2) is 0 Å². The fraction of sp³-hybridized carbons (Fsp3) is 0.294. The Hall–Kier alpha value is -1.03. The van der Waals surface area contributed by atoms with Gasteiger partial charge >= 0.3 is 0 Å². The summed E-state index contributed by atoms with van der Waals surface area (Å²) in [5, 5.41) is 0.730. The summed E-state index contributed by atoms with van der Waals surface area (Å²) in [6.07, 6.45) is 2.82. The number of rotatable bonds is 4. The van der Waals surface area contributed by atoms with Crippen molar-refractivity contribution >= 4 is 27.5 Å². The van der Waals surface area contributed by atoms with E-state index in [0.717, 1.165) is 46.7 Å². The number of hydrogen-bond donors (Lipinski definition) is 1. The first-order valence-corrected chi connectivity index (χ1v) is 8.26. The first kappa shape index (κ1) is 14.9. The van der Waals surface area contributed by atoms with Gasteiger partial charge in [0.2, 0.25) is 0 Å². The fourth-order valence-electron chi connectivity index (χ4n) is 2.67. The summed E-state index contributed by atoms with van der Waals surface area (Å²) in [6, 6.07) is 12.2. The molecule has 0 aliphatic carbocycles. The molecule has 1 heterocycles. The predicted molar refractivity (Wildman–Crippen MR) is 90.0 cm³/mol. The summed E-state index contributed by atoms with van der Waals surface area (Å²) in [5.41, 5.74) is 9.90. The molecule has 3 rings (SSSR count). The Morgan fingerprint density at radius 1 is 1.24 bits per heavy atom. The number of aryl methyl sites for hydroxylation is 1. The van der Waals surface area contributed by atoms with Crippen LogP contribution >= 0.6 is 27.5 Å². The maximum Gasteiger partial charge on any atom is 0.122 e. The van der Waals surface area contributed by atoms with Crippen molar-refractivity contribution in [2.24, 2.45) is 5.73 Å². The zero-order valence-electron chi connectivity index (χ0n) is 11.6. The van der Waals surface area contributed by atoms with Gasteiger partial charge < -0.3 is 10.5 Å². The minimum Gasteiger partial charge on any atom is -0.493 e. The van der Waals surface area contributed by atoms with Gasteiger partial charge in [-0.05, 0) is 53.8 Å². The highest BCUT2D eigenvalue weighted by molar-refractivity contribution is 9.10. The molecular formula is C17H17BrClNO. The quantitative estimate of drug-likeness (QED) is 0.853. The molecule has 4 heteroatoms. The van der Waals surface area contributed by atoms with Crippen LogP contribution in [-0.4, -0.2) is 6.61 Å². The van der Waals surface area contributed by atoms with Gasteiger partial charge in [0, 0.05) is 22.0 Å². The van der Waals surface area contributed by atoms with Crippen LogP contribution in [0.2, 0.25) is 5.02 Å². The topological polar surface area (TPSA) is 35.2 Å². The monoisotopic (exact) mass is 365 g/mol. The first-order valence-electron chi connectivity index (χ1n) is 7.08. The number of benzene rings is 2. The van der Waals surface area contributed by atoms with Gasteiger partial charge in [-0.3, -0.25) is 0 Å². The highest BCUT2D eigenvalue weighted by Gasteiger charge is 2.14. The lowest BCUT2D eigenvalue weighted by atomic mass is 9.98. The minimum atomic E-state index is -0.0560. The second kappa shape index (κ2) is 6.39. The van der Waals surface area contributed by atoms with E-state index in [0.29, 0.717) is 0 Å². The summed E-state index contributed by atoms with van der Waals surface area (Å²) < 4.78 is 6.54. The van der Waals surface area contributed by atoms with Crippen LogP contribution in [0.4, 0.5) is 0 Å². The normalized spacial score (nSPS) is 14.6. The molecule has 2 N–H and O–H groups in total. The van der Waals surface area contributed by atoms with Crippen LogP contribution in [0, 0.1) is 0 Å². The second-order valence-electron chi connectivity index (χ2n) is 5.35. The van der Waals surface area contributed by atoms with E-state index in [4.69, 9.17) is 22.1 Å². The second-order valence-corrected chi connectivity index (χ2v) is 6.67. The largest absolute Gasteiger partial charge is 0.493 e. The van der Waals surface area contributed by atoms with Crippen molar-refractivity contribution in [3.8, 4) is 5.75 Å². The molecule has 0 amide bonds. The summed E-state index contributed by atoms with van der Waals surface area (Å²) >= 11 is 9.70. The van der Waals surface area contributed by atoms with E-state index in [-0.39, 0.29) is 6.04 Å². The van der Waals surface area contributed by atoms with Crippen molar-refractivity contribution in [1.82, 2.24) is 0 Å². The summed E-state index contributed by atoms with van der Waals surface area (Å²) in [4.78, 5) is 0. The molecule has 1 unspecified atom stereocenters. The van der Waals surface area contributed by atoms with Gasteiger partial charge in [0.15, 0.2) is 0 Å². The Balaban J connectivity index is 1.68. The Bertz CT molecular complexity index is 659. The molecule has 2 aromatic rings. The molecule has 0 radical (unpaired) electrons. The van der Waals surface area contributed by atoms with Gasteiger partial charge in [0.25, 0.3) is 0 Å². The van der Waals surface area contributed by atoms with Crippen molar-refractivity contribution < 1.29 is 4.74 Å². The average Bonchev–Trinajstić information content (AvgIpc) is 2.94. The molecule has 0 saturated carbocycles. The number of nitrogens with two attached hydrogens (primary N) is 1. The third-order valence-corrected chi connectivity index (χ3v) is 4.69. The molecule has 1 aliphatic heterocycles. The molecule has 1 atom stereocenters. The van der Waals surface area contributed by atoms with Gasteiger partial charge in [-0.15, -0.1) is 0 Å². The maximum atomic E-state index is 6.30. The van der Waals surface area contributed by atoms with Crippen molar-refractivity contribution in [3.63, 3.8) is 0 Å². The lowest BCUT2D eigenvalue weighted by Gasteiger charge is -2.14. The lowest BCUT2D eigenvalue weighted by Crippen LogP contribution is -2.12. The zero-order chi connectivity index (χ0) is 14.8. The molecule has 21 heavy (non-hydrogen) atoms. The molecule has 0 aromatic heterocycles. The fourth-order valence-corrected chi connectivity index (χ4v) is 3.31. The highest BCUT2D eigenvalue weighted by Crippen LogP contribution is 2.29. The Kier molecular flexibility index (Phi) is 4.53. The predicted octanol–water partition coefficient (Wildman–Crippen LogP) is 4.67.